The van der Waals surface area contributed by atoms with E-state index in [0.717, 1.165) is 15.8 Å². The van der Waals surface area contributed by atoms with Crippen LogP contribution in [0.1, 0.15) is 11.1 Å². The molecule has 2 rings (SSSR count). The Hall–Kier alpha value is -2.03. The molecule has 0 unspecified atom stereocenters. The molecular weight excluding hydrogens is 334 g/mol. The van der Waals surface area contributed by atoms with E-state index < -0.39 is 0 Å². The second-order valence-electron chi connectivity index (χ2n) is 4.25. The van der Waals surface area contributed by atoms with E-state index in [1.165, 1.54) is 0 Å². The summed E-state index contributed by atoms with van der Waals surface area (Å²) in [6.45, 7) is 0.673. The third-order valence-electron chi connectivity index (χ3n) is 2.76. The molecule has 5 heteroatoms. The van der Waals surface area contributed by atoms with E-state index in [9.17, 15) is 0 Å². The second-order valence-corrected chi connectivity index (χ2v) is 5.10. The van der Waals surface area contributed by atoms with Crippen molar-refractivity contribution in [1.82, 2.24) is 0 Å². The molecule has 2 aromatic rings. The highest BCUT2D eigenvalue weighted by molar-refractivity contribution is 9.10. The van der Waals surface area contributed by atoms with Crippen LogP contribution in [0.25, 0.3) is 0 Å². The molecule has 0 atom stereocenters. The van der Waals surface area contributed by atoms with E-state index in [-0.39, 0.29) is 13.2 Å². The Balaban J connectivity index is 1.95. The Labute approximate surface area is 131 Å². The van der Waals surface area contributed by atoms with Crippen molar-refractivity contribution >= 4 is 15.9 Å². The molecule has 0 radical (unpaired) electrons. The fraction of sp³-hybridized carbons (Fsp3) is 0.188. The number of nitriles is 1. The standard InChI is InChI=1S/C16H14BrNO3/c17-16-9-12(10-18)1-2-13(16)11-21-15-5-3-14(4-6-15)20-8-7-19/h1-6,9,19H,7-8,11H2. The number of aliphatic hydroxyl groups excluding tert-OH is 1. The molecule has 0 saturated carbocycles. The predicted octanol–water partition coefficient (Wildman–Crippen LogP) is 3.27. The summed E-state index contributed by atoms with van der Waals surface area (Å²) in [7, 11) is 0. The number of ether oxygens (including phenoxy) is 2. The summed E-state index contributed by atoms with van der Waals surface area (Å²) >= 11 is 3.43. The molecule has 0 heterocycles. The second kappa shape index (κ2) is 7.67. The maximum Gasteiger partial charge on any atom is 0.120 e. The first-order valence-corrected chi connectivity index (χ1v) is 7.17. The Morgan fingerprint density at radius 1 is 1.05 bits per heavy atom. The largest absolute Gasteiger partial charge is 0.491 e. The average Bonchev–Trinajstić information content (AvgIpc) is 2.52. The van der Waals surface area contributed by atoms with E-state index in [4.69, 9.17) is 19.8 Å². The van der Waals surface area contributed by atoms with Crippen LogP contribution in [0, 0.1) is 11.3 Å². The van der Waals surface area contributed by atoms with Crippen molar-refractivity contribution in [2.75, 3.05) is 13.2 Å². The smallest absolute Gasteiger partial charge is 0.120 e. The van der Waals surface area contributed by atoms with Gasteiger partial charge in [0.1, 0.15) is 24.7 Å². The van der Waals surface area contributed by atoms with Crippen LogP contribution in [0.5, 0.6) is 11.5 Å². The van der Waals surface area contributed by atoms with Gasteiger partial charge in [0, 0.05) is 10.0 Å². The summed E-state index contributed by atoms with van der Waals surface area (Å²) in [6.07, 6.45) is 0. The van der Waals surface area contributed by atoms with Crippen LogP contribution >= 0.6 is 15.9 Å². The van der Waals surface area contributed by atoms with Crippen LogP contribution in [0.2, 0.25) is 0 Å². The van der Waals surface area contributed by atoms with Crippen molar-refractivity contribution in [2.24, 2.45) is 0 Å². The van der Waals surface area contributed by atoms with Gasteiger partial charge < -0.3 is 14.6 Å². The summed E-state index contributed by atoms with van der Waals surface area (Å²) in [4.78, 5) is 0. The third kappa shape index (κ3) is 4.48. The first kappa shape index (κ1) is 15.4. The van der Waals surface area contributed by atoms with Crippen LogP contribution in [-0.2, 0) is 6.61 Å². The minimum atomic E-state index is -0.00896. The van der Waals surface area contributed by atoms with E-state index in [1.54, 1.807) is 24.3 Å². The number of halogens is 1. The van der Waals surface area contributed by atoms with Crippen LogP contribution in [-0.4, -0.2) is 18.3 Å². The molecule has 0 saturated heterocycles. The fourth-order valence-electron chi connectivity index (χ4n) is 1.69. The summed E-state index contributed by atoms with van der Waals surface area (Å²) in [5, 5.41) is 17.5. The van der Waals surface area contributed by atoms with Crippen molar-refractivity contribution in [2.45, 2.75) is 6.61 Å². The Bertz CT molecular complexity index is 635. The summed E-state index contributed by atoms with van der Waals surface area (Å²) in [6, 6.07) is 14.7. The molecule has 4 nitrogen and oxygen atoms in total. The van der Waals surface area contributed by atoms with Crippen molar-refractivity contribution in [1.29, 1.82) is 5.26 Å². The number of benzene rings is 2. The molecule has 0 bridgehead atoms. The molecule has 0 aliphatic heterocycles. The third-order valence-corrected chi connectivity index (χ3v) is 3.50. The zero-order valence-electron chi connectivity index (χ0n) is 11.3. The quantitative estimate of drug-likeness (QED) is 0.870. The van der Waals surface area contributed by atoms with E-state index in [1.807, 2.05) is 18.2 Å². The van der Waals surface area contributed by atoms with Crippen LogP contribution in [0.15, 0.2) is 46.9 Å². The fourth-order valence-corrected chi connectivity index (χ4v) is 2.18. The highest BCUT2D eigenvalue weighted by Gasteiger charge is 2.03. The molecule has 0 aliphatic carbocycles. The van der Waals surface area contributed by atoms with Crippen molar-refractivity contribution in [3.05, 3.63) is 58.1 Å². The van der Waals surface area contributed by atoms with Gasteiger partial charge in [0.05, 0.1) is 18.2 Å². The monoisotopic (exact) mass is 347 g/mol. The zero-order valence-corrected chi connectivity index (χ0v) is 12.8. The van der Waals surface area contributed by atoms with E-state index in [0.29, 0.717) is 17.9 Å². The molecule has 0 aliphatic rings. The number of rotatable bonds is 6. The van der Waals surface area contributed by atoms with Crippen molar-refractivity contribution < 1.29 is 14.6 Å². The van der Waals surface area contributed by atoms with Gasteiger partial charge in [0.2, 0.25) is 0 Å². The number of hydrogen-bond donors (Lipinski definition) is 1. The van der Waals surface area contributed by atoms with Gasteiger partial charge in [-0.2, -0.15) is 5.26 Å². The van der Waals surface area contributed by atoms with Crippen molar-refractivity contribution in [3.63, 3.8) is 0 Å². The lowest BCUT2D eigenvalue weighted by Gasteiger charge is -2.09. The molecular formula is C16H14BrNO3. The first-order valence-electron chi connectivity index (χ1n) is 6.38. The lowest BCUT2D eigenvalue weighted by Crippen LogP contribution is -2.01. The normalized spacial score (nSPS) is 9.95. The van der Waals surface area contributed by atoms with Crippen LogP contribution in [0.3, 0.4) is 0 Å². The molecule has 0 spiro atoms. The minimum Gasteiger partial charge on any atom is -0.491 e. The SMILES string of the molecule is N#Cc1ccc(COc2ccc(OCCO)cc2)c(Br)c1. The lowest BCUT2D eigenvalue weighted by molar-refractivity contribution is 0.201. The van der Waals surface area contributed by atoms with E-state index in [2.05, 4.69) is 22.0 Å². The van der Waals surface area contributed by atoms with Crippen molar-refractivity contribution in [3.8, 4) is 17.6 Å². The van der Waals surface area contributed by atoms with Crippen LogP contribution < -0.4 is 9.47 Å². The molecule has 108 valence electrons. The van der Waals surface area contributed by atoms with Gasteiger partial charge in [-0.1, -0.05) is 22.0 Å². The maximum atomic E-state index is 8.82. The maximum absolute atomic E-state index is 8.82. The molecule has 1 N–H and O–H groups in total. The van der Waals surface area contributed by atoms with Gasteiger partial charge in [-0.3, -0.25) is 0 Å². The summed E-state index contributed by atoms with van der Waals surface area (Å²) in [5.41, 5.74) is 1.57. The lowest BCUT2D eigenvalue weighted by atomic mass is 10.1. The molecule has 0 amide bonds. The Kier molecular flexibility index (Phi) is 5.61. The van der Waals surface area contributed by atoms with Gasteiger partial charge in [-0.15, -0.1) is 0 Å². The number of aliphatic hydroxyl groups is 1. The topological polar surface area (TPSA) is 62.5 Å². The minimum absolute atomic E-state index is 0.00896. The molecule has 2 aromatic carbocycles. The van der Waals surface area contributed by atoms with Gasteiger partial charge in [-0.25, -0.2) is 0 Å². The van der Waals surface area contributed by atoms with Gasteiger partial charge >= 0.3 is 0 Å². The highest BCUT2D eigenvalue weighted by atomic mass is 79.9. The number of nitrogens with zero attached hydrogens (tertiary/aromatic N) is 1. The summed E-state index contributed by atoms with van der Waals surface area (Å²) < 4.78 is 11.8. The zero-order chi connectivity index (χ0) is 15.1. The van der Waals surface area contributed by atoms with Crippen LogP contribution in [0.4, 0.5) is 0 Å². The first-order chi connectivity index (χ1) is 10.2. The Morgan fingerprint density at radius 3 is 2.29 bits per heavy atom. The predicted molar refractivity (Wildman–Crippen MR) is 82.2 cm³/mol. The van der Waals surface area contributed by atoms with Gasteiger partial charge in [0.25, 0.3) is 0 Å². The average molecular weight is 348 g/mol. The molecule has 0 aromatic heterocycles. The van der Waals surface area contributed by atoms with Gasteiger partial charge in [0.15, 0.2) is 0 Å². The van der Waals surface area contributed by atoms with Gasteiger partial charge in [-0.05, 0) is 36.4 Å². The highest BCUT2D eigenvalue weighted by Crippen LogP contribution is 2.22. The molecule has 0 fully saturated rings. The Morgan fingerprint density at radius 2 is 1.71 bits per heavy atom. The summed E-state index contributed by atoms with van der Waals surface area (Å²) in [5.74, 6) is 1.42. The number of hydrogen-bond acceptors (Lipinski definition) is 4. The van der Waals surface area contributed by atoms with E-state index >= 15 is 0 Å². The molecule has 21 heavy (non-hydrogen) atoms.